The van der Waals surface area contributed by atoms with E-state index in [1.807, 2.05) is 99.9 Å². The van der Waals surface area contributed by atoms with Gasteiger partial charge in [0.1, 0.15) is 5.82 Å². The van der Waals surface area contributed by atoms with E-state index >= 15 is 0 Å². The molecule has 1 saturated heterocycles. The fourth-order valence-corrected chi connectivity index (χ4v) is 3.72. The first-order valence-corrected chi connectivity index (χ1v) is 10.4. The second-order valence-electron chi connectivity index (χ2n) is 8.91. The summed E-state index contributed by atoms with van der Waals surface area (Å²) in [5.74, 6) is 0.895. The van der Waals surface area contributed by atoms with Crippen molar-refractivity contribution in [1.29, 1.82) is 5.26 Å². The molecule has 0 radical (unpaired) electrons. The van der Waals surface area contributed by atoms with Crippen LogP contribution in [0.4, 0.5) is 11.5 Å². The van der Waals surface area contributed by atoms with Crippen LogP contribution in [0.5, 0.6) is 0 Å². The maximum absolute atomic E-state index is 9.50. The van der Waals surface area contributed by atoms with Gasteiger partial charge in [0, 0.05) is 36.9 Å². The molecule has 0 atom stereocenters. The predicted molar refractivity (Wildman–Crippen MR) is 124 cm³/mol. The molecule has 2 heterocycles. The van der Waals surface area contributed by atoms with E-state index in [-0.39, 0.29) is 0 Å². The number of hydrogen-bond donors (Lipinski definition) is 0. The Morgan fingerprint density at radius 3 is 2.26 bits per heavy atom. The molecule has 0 spiro atoms. The Bertz CT molecular complexity index is 1130. The Labute approximate surface area is 184 Å². The van der Waals surface area contributed by atoms with Gasteiger partial charge in [0.15, 0.2) is 0 Å². The molecule has 3 aromatic rings. The Balaban J connectivity index is 1.76. The van der Waals surface area contributed by atoms with Crippen molar-refractivity contribution in [2.75, 3.05) is 11.9 Å². The van der Waals surface area contributed by atoms with E-state index in [1.54, 1.807) is 6.07 Å². The lowest BCUT2D eigenvalue weighted by Crippen LogP contribution is -2.41. The largest absolute Gasteiger partial charge is 0.496 e. The zero-order valence-corrected chi connectivity index (χ0v) is 18.9. The molecule has 0 amide bonds. The number of nitrogens with zero attached hydrogens (tertiary/aromatic N) is 4. The number of anilines is 2. The number of hydrogen-bond acceptors (Lipinski definition) is 5. The molecule has 0 N–H and O–H groups in total. The van der Waals surface area contributed by atoms with Crippen molar-refractivity contribution < 1.29 is 9.31 Å². The molecular formula is C24H27BN4O2. The molecule has 1 aliphatic heterocycles. The standard InChI is InChI=1S/C24H27BN4O2/c1-23(2)24(3,4)31-25(30-23)19-13-12-17(16-26)14-21(19)28(5)22-15-20(27-29(22)6)18-10-8-7-9-11-18/h7-15H,1-6H3. The molecule has 1 fully saturated rings. The van der Waals surface area contributed by atoms with Crippen LogP contribution in [0.15, 0.2) is 54.6 Å². The number of benzene rings is 2. The highest BCUT2D eigenvalue weighted by Crippen LogP contribution is 2.38. The highest BCUT2D eigenvalue weighted by atomic mass is 16.7. The highest BCUT2D eigenvalue weighted by Gasteiger charge is 2.52. The quantitative estimate of drug-likeness (QED) is 0.604. The minimum Gasteiger partial charge on any atom is -0.399 e. The number of rotatable bonds is 4. The fraction of sp³-hybridized carbons (Fsp3) is 0.333. The summed E-state index contributed by atoms with van der Waals surface area (Å²) >= 11 is 0. The average Bonchev–Trinajstić information content (AvgIpc) is 3.23. The van der Waals surface area contributed by atoms with Gasteiger partial charge in [0.05, 0.1) is 28.5 Å². The first-order valence-electron chi connectivity index (χ1n) is 10.4. The maximum Gasteiger partial charge on any atom is 0.496 e. The van der Waals surface area contributed by atoms with Crippen LogP contribution >= 0.6 is 0 Å². The molecule has 4 rings (SSSR count). The summed E-state index contributed by atoms with van der Waals surface area (Å²) in [6, 6.07) is 19.9. The summed E-state index contributed by atoms with van der Waals surface area (Å²) in [6.07, 6.45) is 0. The van der Waals surface area contributed by atoms with E-state index in [1.165, 1.54) is 0 Å². The average molecular weight is 414 g/mol. The molecule has 0 bridgehead atoms. The molecule has 2 aromatic carbocycles. The highest BCUT2D eigenvalue weighted by molar-refractivity contribution is 6.64. The minimum atomic E-state index is -0.531. The SMILES string of the molecule is CN(c1cc(C#N)ccc1B1OC(C)(C)C(C)(C)O1)c1cc(-c2ccccc2)nn1C. The van der Waals surface area contributed by atoms with Crippen LogP contribution in [0.1, 0.15) is 33.3 Å². The number of aromatic nitrogens is 2. The molecule has 158 valence electrons. The smallest absolute Gasteiger partial charge is 0.399 e. The van der Waals surface area contributed by atoms with Gasteiger partial charge < -0.3 is 14.2 Å². The summed E-state index contributed by atoms with van der Waals surface area (Å²) in [5.41, 5.74) is 3.34. The lowest BCUT2D eigenvalue weighted by molar-refractivity contribution is 0.00578. The minimum absolute atomic E-state index is 0.450. The van der Waals surface area contributed by atoms with Crippen LogP contribution in [0.25, 0.3) is 11.3 Å². The van der Waals surface area contributed by atoms with Gasteiger partial charge in [0.25, 0.3) is 0 Å². The zero-order chi connectivity index (χ0) is 22.4. The van der Waals surface area contributed by atoms with E-state index in [2.05, 4.69) is 6.07 Å². The Morgan fingerprint density at radius 1 is 1.00 bits per heavy atom. The van der Waals surface area contributed by atoms with Crippen molar-refractivity contribution in [2.24, 2.45) is 7.05 Å². The van der Waals surface area contributed by atoms with Crippen LogP contribution in [-0.2, 0) is 16.4 Å². The molecule has 1 aliphatic rings. The topological polar surface area (TPSA) is 63.3 Å². The maximum atomic E-state index is 9.50. The second-order valence-corrected chi connectivity index (χ2v) is 8.91. The summed E-state index contributed by atoms with van der Waals surface area (Å²) in [5, 5.41) is 14.2. The van der Waals surface area contributed by atoms with Crippen molar-refractivity contribution in [3.05, 3.63) is 60.2 Å². The van der Waals surface area contributed by atoms with Crippen LogP contribution in [0, 0.1) is 11.3 Å². The van der Waals surface area contributed by atoms with E-state index in [4.69, 9.17) is 14.4 Å². The lowest BCUT2D eigenvalue weighted by Gasteiger charge is -2.32. The second kappa shape index (κ2) is 7.56. The van der Waals surface area contributed by atoms with Gasteiger partial charge in [-0.05, 0) is 39.8 Å². The van der Waals surface area contributed by atoms with Crippen molar-refractivity contribution >= 4 is 24.1 Å². The van der Waals surface area contributed by atoms with Gasteiger partial charge in [-0.1, -0.05) is 36.4 Å². The molecule has 6 nitrogen and oxygen atoms in total. The molecule has 31 heavy (non-hydrogen) atoms. The molecule has 0 saturated carbocycles. The first-order chi connectivity index (χ1) is 14.6. The third-order valence-electron chi connectivity index (χ3n) is 6.30. The van der Waals surface area contributed by atoms with E-state index in [0.717, 1.165) is 28.2 Å². The van der Waals surface area contributed by atoms with Crippen molar-refractivity contribution in [3.8, 4) is 17.3 Å². The normalized spacial score (nSPS) is 16.9. The van der Waals surface area contributed by atoms with E-state index < -0.39 is 18.3 Å². The zero-order valence-electron chi connectivity index (χ0n) is 18.9. The van der Waals surface area contributed by atoms with Gasteiger partial charge in [-0.15, -0.1) is 0 Å². The Hall–Kier alpha value is -3.08. The Morgan fingerprint density at radius 2 is 1.65 bits per heavy atom. The monoisotopic (exact) mass is 414 g/mol. The van der Waals surface area contributed by atoms with Gasteiger partial charge in [-0.25, -0.2) is 0 Å². The predicted octanol–water partition coefficient (Wildman–Crippen LogP) is 4.03. The van der Waals surface area contributed by atoms with Crippen LogP contribution < -0.4 is 10.4 Å². The third-order valence-corrected chi connectivity index (χ3v) is 6.30. The van der Waals surface area contributed by atoms with Crippen LogP contribution in [0.2, 0.25) is 0 Å². The molecule has 0 unspecified atom stereocenters. The summed E-state index contributed by atoms with van der Waals surface area (Å²) in [7, 11) is 3.36. The van der Waals surface area contributed by atoms with Gasteiger partial charge in [0.2, 0.25) is 0 Å². The van der Waals surface area contributed by atoms with Crippen molar-refractivity contribution in [3.63, 3.8) is 0 Å². The molecule has 7 heteroatoms. The van der Waals surface area contributed by atoms with Crippen molar-refractivity contribution in [2.45, 2.75) is 38.9 Å². The number of nitriles is 1. The van der Waals surface area contributed by atoms with Gasteiger partial charge in [-0.3, -0.25) is 4.68 Å². The summed E-state index contributed by atoms with van der Waals surface area (Å²) < 4.78 is 14.4. The van der Waals surface area contributed by atoms with E-state index in [0.29, 0.717) is 5.56 Å². The van der Waals surface area contributed by atoms with Crippen molar-refractivity contribution in [1.82, 2.24) is 9.78 Å². The molecule has 0 aliphatic carbocycles. The summed E-state index contributed by atoms with van der Waals surface area (Å²) in [4.78, 5) is 2.03. The lowest BCUT2D eigenvalue weighted by atomic mass is 9.77. The Kier molecular flexibility index (Phi) is 5.16. The third kappa shape index (κ3) is 3.73. The molecule has 1 aromatic heterocycles. The van der Waals surface area contributed by atoms with E-state index in [9.17, 15) is 5.26 Å². The first kappa shape index (κ1) is 21.2. The molecular weight excluding hydrogens is 387 g/mol. The fourth-order valence-electron chi connectivity index (χ4n) is 3.72. The van der Waals surface area contributed by atoms with Crippen LogP contribution in [-0.4, -0.2) is 35.1 Å². The van der Waals surface area contributed by atoms with Gasteiger partial charge >= 0.3 is 7.12 Å². The summed E-state index contributed by atoms with van der Waals surface area (Å²) in [6.45, 7) is 8.14. The van der Waals surface area contributed by atoms with Crippen LogP contribution in [0.3, 0.4) is 0 Å². The number of aryl methyl sites for hydroxylation is 1. The van der Waals surface area contributed by atoms with Gasteiger partial charge in [-0.2, -0.15) is 10.4 Å².